The molecule has 0 amide bonds. The Bertz CT molecular complexity index is 245. The van der Waals surface area contributed by atoms with Crippen molar-refractivity contribution in [1.82, 2.24) is 0 Å². The first-order valence-electron chi connectivity index (χ1n) is 7.26. The molecular weight excluding hydrogens is 232 g/mol. The summed E-state index contributed by atoms with van der Waals surface area (Å²) in [4.78, 5) is 0. The Morgan fingerprint density at radius 3 is 2.17 bits per heavy atom. The monoisotopic (exact) mass is 256 g/mol. The zero-order valence-corrected chi connectivity index (χ0v) is 11.1. The first-order valence-corrected chi connectivity index (χ1v) is 7.26. The molecule has 4 fully saturated rings. The van der Waals surface area contributed by atoms with Crippen molar-refractivity contribution in [2.24, 2.45) is 0 Å². The first-order chi connectivity index (χ1) is 8.83. The van der Waals surface area contributed by atoms with Gasteiger partial charge in [0.1, 0.15) is 0 Å². The first kappa shape index (κ1) is 12.9. The summed E-state index contributed by atoms with van der Waals surface area (Å²) < 4.78 is 23.6. The molecule has 4 rings (SSSR count). The maximum absolute atomic E-state index is 6.19. The van der Waals surface area contributed by atoms with E-state index >= 15 is 0 Å². The summed E-state index contributed by atoms with van der Waals surface area (Å²) in [6.07, 6.45) is 6.42. The third-order valence-corrected chi connectivity index (χ3v) is 4.62. The molecule has 104 valence electrons. The number of hydrogen-bond donors (Lipinski definition) is 0. The van der Waals surface area contributed by atoms with Crippen molar-refractivity contribution in [2.45, 2.75) is 49.7 Å². The van der Waals surface area contributed by atoms with E-state index in [1.165, 1.54) is 0 Å². The summed E-state index contributed by atoms with van der Waals surface area (Å²) in [6.45, 7) is 4.49. The van der Waals surface area contributed by atoms with Crippen LogP contribution < -0.4 is 0 Å². The summed E-state index contributed by atoms with van der Waals surface area (Å²) in [7, 11) is 0. The minimum Gasteiger partial charge on any atom is -0.379 e. The molecule has 1 aliphatic carbocycles. The van der Waals surface area contributed by atoms with Gasteiger partial charge in [0.25, 0.3) is 0 Å². The second kappa shape index (κ2) is 5.45. The van der Waals surface area contributed by atoms with Crippen molar-refractivity contribution in [3.8, 4) is 0 Å². The summed E-state index contributed by atoms with van der Waals surface area (Å²) in [5, 5.41) is 0. The number of hydrogen-bond acceptors (Lipinski definition) is 4. The summed E-state index contributed by atoms with van der Waals surface area (Å²) in [5.74, 6) is 0. The second-order valence-electron chi connectivity index (χ2n) is 5.83. The Hall–Kier alpha value is -0.160. The van der Waals surface area contributed by atoms with Crippen LogP contribution in [0.5, 0.6) is 0 Å². The fraction of sp³-hybridized carbons (Fsp3) is 1.00. The van der Waals surface area contributed by atoms with Crippen LogP contribution in [0.15, 0.2) is 0 Å². The average molecular weight is 256 g/mol. The lowest BCUT2D eigenvalue weighted by atomic mass is 9.76. The molecule has 18 heavy (non-hydrogen) atoms. The lowest BCUT2D eigenvalue weighted by Gasteiger charge is -2.41. The molecule has 0 N–H and O–H groups in total. The van der Waals surface area contributed by atoms with Gasteiger partial charge >= 0.3 is 0 Å². The van der Waals surface area contributed by atoms with Gasteiger partial charge in [-0.3, -0.25) is 0 Å². The quantitative estimate of drug-likeness (QED) is 0.663. The molecule has 2 bridgehead atoms. The van der Waals surface area contributed by atoms with Crippen LogP contribution in [0.25, 0.3) is 0 Å². The van der Waals surface area contributed by atoms with Crippen molar-refractivity contribution >= 4 is 0 Å². The van der Waals surface area contributed by atoms with Gasteiger partial charge in [-0.15, -0.1) is 0 Å². The molecule has 0 radical (unpaired) electrons. The molecule has 0 aromatic carbocycles. The average Bonchev–Trinajstić information content (AvgIpc) is 2.66. The second-order valence-corrected chi connectivity index (χ2v) is 5.83. The van der Waals surface area contributed by atoms with Crippen LogP contribution in [0.3, 0.4) is 0 Å². The molecule has 0 aromatic rings. The Kier molecular flexibility index (Phi) is 3.89. The normalized spacial score (nSPS) is 42.7. The maximum Gasteiger partial charge on any atom is 0.0917 e. The van der Waals surface area contributed by atoms with Crippen molar-refractivity contribution in [3.63, 3.8) is 0 Å². The van der Waals surface area contributed by atoms with E-state index in [4.69, 9.17) is 18.9 Å². The van der Waals surface area contributed by atoms with Crippen LogP contribution in [0.2, 0.25) is 0 Å². The molecule has 0 atom stereocenters. The van der Waals surface area contributed by atoms with E-state index < -0.39 is 0 Å². The fourth-order valence-electron chi connectivity index (χ4n) is 3.34. The highest BCUT2D eigenvalue weighted by Crippen LogP contribution is 2.45. The predicted octanol–water partition coefficient (Wildman–Crippen LogP) is 1.91. The molecular formula is C14H24O4. The summed E-state index contributed by atoms with van der Waals surface area (Å²) in [6, 6.07) is 0. The highest BCUT2D eigenvalue weighted by atomic mass is 16.6. The smallest absolute Gasteiger partial charge is 0.0917 e. The lowest BCUT2D eigenvalue weighted by Crippen LogP contribution is -2.44. The largest absolute Gasteiger partial charge is 0.379 e. The van der Waals surface area contributed by atoms with Gasteiger partial charge in [0.2, 0.25) is 0 Å². The van der Waals surface area contributed by atoms with Crippen LogP contribution in [-0.4, -0.2) is 50.8 Å². The lowest BCUT2D eigenvalue weighted by molar-refractivity contribution is -0.119. The zero-order chi connectivity index (χ0) is 12.3. The van der Waals surface area contributed by atoms with Crippen molar-refractivity contribution < 1.29 is 18.9 Å². The van der Waals surface area contributed by atoms with Crippen LogP contribution in [0.1, 0.15) is 38.5 Å². The van der Waals surface area contributed by atoms with E-state index in [1.54, 1.807) is 0 Å². The predicted molar refractivity (Wildman–Crippen MR) is 66.7 cm³/mol. The zero-order valence-electron chi connectivity index (χ0n) is 11.1. The molecule has 3 saturated heterocycles. The Morgan fingerprint density at radius 2 is 1.28 bits per heavy atom. The topological polar surface area (TPSA) is 36.9 Å². The van der Waals surface area contributed by atoms with Crippen LogP contribution in [0, 0.1) is 0 Å². The van der Waals surface area contributed by atoms with Gasteiger partial charge < -0.3 is 18.9 Å². The molecule has 0 aromatic heterocycles. The molecule has 3 heterocycles. The van der Waals surface area contributed by atoms with E-state index in [1.807, 2.05) is 0 Å². The SMILES string of the molecule is C1COCCOCC23CCC(CCO2)(CC3)OC1. The van der Waals surface area contributed by atoms with Crippen LogP contribution in [0.4, 0.5) is 0 Å². The van der Waals surface area contributed by atoms with Crippen LogP contribution >= 0.6 is 0 Å². The van der Waals surface area contributed by atoms with E-state index in [0.29, 0.717) is 19.8 Å². The van der Waals surface area contributed by atoms with E-state index in [2.05, 4.69) is 0 Å². The molecule has 4 nitrogen and oxygen atoms in total. The van der Waals surface area contributed by atoms with Crippen molar-refractivity contribution in [3.05, 3.63) is 0 Å². The molecule has 3 aliphatic heterocycles. The molecule has 4 aliphatic rings. The highest BCUT2D eigenvalue weighted by Gasteiger charge is 2.47. The fourth-order valence-corrected chi connectivity index (χ4v) is 3.34. The minimum atomic E-state index is -0.0442. The maximum atomic E-state index is 6.19. The van der Waals surface area contributed by atoms with Crippen LogP contribution in [-0.2, 0) is 18.9 Å². The van der Waals surface area contributed by atoms with Gasteiger partial charge in [-0.05, 0) is 38.5 Å². The van der Waals surface area contributed by atoms with Gasteiger partial charge in [0.15, 0.2) is 0 Å². The summed E-state index contributed by atoms with van der Waals surface area (Å²) >= 11 is 0. The van der Waals surface area contributed by atoms with E-state index in [0.717, 1.165) is 58.3 Å². The number of fused-ring (bicyclic) bond motifs is 3. The Balaban J connectivity index is 1.71. The van der Waals surface area contributed by atoms with Gasteiger partial charge in [-0.25, -0.2) is 0 Å². The van der Waals surface area contributed by atoms with Crippen molar-refractivity contribution in [2.75, 3.05) is 39.6 Å². The third-order valence-electron chi connectivity index (χ3n) is 4.62. The standard InChI is InChI=1S/C14H24O4/c1-7-15-10-11-16-12-14-4-2-13(3-5-14,17-8-1)6-9-18-14/h1-12H2. The molecule has 1 saturated carbocycles. The van der Waals surface area contributed by atoms with Gasteiger partial charge in [-0.2, -0.15) is 0 Å². The van der Waals surface area contributed by atoms with Gasteiger partial charge in [0, 0.05) is 13.2 Å². The summed E-state index contributed by atoms with van der Waals surface area (Å²) in [5.41, 5.74) is 0.0332. The number of ether oxygens (including phenoxy) is 4. The van der Waals surface area contributed by atoms with E-state index in [9.17, 15) is 0 Å². The number of rotatable bonds is 0. The Labute approximate surface area is 109 Å². The molecule has 0 unspecified atom stereocenters. The third kappa shape index (κ3) is 2.72. The Morgan fingerprint density at radius 1 is 0.556 bits per heavy atom. The molecule has 0 spiro atoms. The van der Waals surface area contributed by atoms with Gasteiger partial charge in [-0.1, -0.05) is 0 Å². The van der Waals surface area contributed by atoms with Crippen molar-refractivity contribution in [1.29, 1.82) is 0 Å². The van der Waals surface area contributed by atoms with E-state index in [-0.39, 0.29) is 11.2 Å². The minimum absolute atomic E-state index is 0.0442. The molecule has 4 heteroatoms. The van der Waals surface area contributed by atoms with Gasteiger partial charge in [0.05, 0.1) is 37.6 Å². The highest BCUT2D eigenvalue weighted by molar-refractivity contribution is 4.98.